The molecular formula is C25H32O2Si. The summed E-state index contributed by atoms with van der Waals surface area (Å²) in [5.74, 6) is 1.44. The standard InChI is InChI=1S/C25H32O2Si/c1-25(2,3)28(4,5)27-24-21(18-23(26)20-14-10-7-11-15-20)16-17-22(24)19-12-8-6-9-13-19/h6-15,21H,16-18H2,1-5H3. The summed E-state index contributed by atoms with van der Waals surface area (Å²) in [5.41, 5.74) is 3.31. The summed E-state index contributed by atoms with van der Waals surface area (Å²) in [4.78, 5) is 12.9. The summed E-state index contributed by atoms with van der Waals surface area (Å²) in [6, 6.07) is 20.2. The number of hydrogen-bond acceptors (Lipinski definition) is 2. The van der Waals surface area contributed by atoms with Gasteiger partial charge in [0.1, 0.15) is 0 Å². The van der Waals surface area contributed by atoms with Crippen molar-refractivity contribution in [3.63, 3.8) is 0 Å². The maximum absolute atomic E-state index is 12.9. The number of Topliss-reactive ketones (excluding diaryl/α,β-unsaturated/α-hetero) is 1. The van der Waals surface area contributed by atoms with Gasteiger partial charge in [0.15, 0.2) is 5.78 Å². The van der Waals surface area contributed by atoms with Gasteiger partial charge in [0.2, 0.25) is 8.32 Å². The number of benzene rings is 2. The van der Waals surface area contributed by atoms with Crippen LogP contribution in [0.3, 0.4) is 0 Å². The van der Waals surface area contributed by atoms with E-state index in [-0.39, 0.29) is 16.7 Å². The second-order valence-corrected chi connectivity index (χ2v) is 14.0. The smallest absolute Gasteiger partial charge is 0.250 e. The SMILES string of the molecule is CC(C)(C)[Si](C)(C)OC1=C(c2ccccc2)CCC1CC(=O)c1ccccc1. The average molecular weight is 393 g/mol. The zero-order valence-corrected chi connectivity index (χ0v) is 18.8. The summed E-state index contributed by atoms with van der Waals surface area (Å²) < 4.78 is 6.85. The van der Waals surface area contributed by atoms with Crippen molar-refractivity contribution < 1.29 is 9.22 Å². The quantitative estimate of drug-likeness (QED) is 0.387. The van der Waals surface area contributed by atoms with Gasteiger partial charge >= 0.3 is 0 Å². The molecule has 0 radical (unpaired) electrons. The minimum absolute atomic E-state index is 0.123. The molecule has 0 N–H and O–H groups in total. The summed E-state index contributed by atoms with van der Waals surface area (Å²) in [6.07, 6.45) is 2.47. The van der Waals surface area contributed by atoms with Crippen molar-refractivity contribution in [1.82, 2.24) is 0 Å². The Kier molecular flexibility index (Phi) is 5.94. The summed E-state index contributed by atoms with van der Waals surface area (Å²) in [5, 5.41) is 0.123. The fraction of sp³-hybridized carbons (Fsp3) is 0.400. The van der Waals surface area contributed by atoms with Crippen LogP contribution in [0, 0.1) is 5.92 Å². The number of carbonyl (C=O) groups excluding carboxylic acids is 1. The van der Waals surface area contributed by atoms with E-state index in [4.69, 9.17) is 4.43 Å². The molecule has 1 aliphatic rings. The van der Waals surface area contributed by atoms with Gasteiger partial charge in [-0.2, -0.15) is 0 Å². The van der Waals surface area contributed by atoms with E-state index in [0.29, 0.717) is 6.42 Å². The molecule has 28 heavy (non-hydrogen) atoms. The first kappa shape index (κ1) is 20.6. The molecule has 0 spiro atoms. The fourth-order valence-corrected chi connectivity index (χ4v) is 4.62. The first-order valence-electron chi connectivity index (χ1n) is 10.2. The van der Waals surface area contributed by atoms with Crippen LogP contribution < -0.4 is 0 Å². The maximum Gasteiger partial charge on any atom is 0.250 e. The lowest BCUT2D eigenvalue weighted by Crippen LogP contribution is -2.41. The van der Waals surface area contributed by atoms with Gasteiger partial charge in [-0.1, -0.05) is 81.4 Å². The third-order valence-electron chi connectivity index (χ3n) is 6.23. The Bertz CT molecular complexity index is 845. The van der Waals surface area contributed by atoms with Crippen LogP contribution in [-0.2, 0) is 4.43 Å². The number of rotatable bonds is 6. The molecule has 2 aromatic carbocycles. The van der Waals surface area contributed by atoms with Crippen molar-refractivity contribution in [3.05, 3.63) is 77.5 Å². The third kappa shape index (κ3) is 4.47. The molecule has 0 saturated heterocycles. The van der Waals surface area contributed by atoms with Gasteiger partial charge in [0.05, 0.1) is 5.76 Å². The summed E-state index contributed by atoms with van der Waals surface area (Å²) in [7, 11) is -1.99. The molecule has 0 saturated carbocycles. The first-order valence-corrected chi connectivity index (χ1v) is 13.2. The zero-order valence-electron chi connectivity index (χ0n) is 17.8. The van der Waals surface area contributed by atoms with Gasteiger partial charge in [-0.15, -0.1) is 0 Å². The number of hydrogen-bond donors (Lipinski definition) is 0. The van der Waals surface area contributed by atoms with Crippen LogP contribution in [0.4, 0.5) is 0 Å². The van der Waals surface area contributed by atoms with Gasteiger partial charge in [-0.3, -0.25) is 4.79 Å². The Balaban J connectivity index is 1.93. The van der Waals surface area contributed by atoms with E-state index < -0.39 is 8.32 Å². The Morgan fingerprint density at radius 1 is 1.00 bits per heavy atom. The molecule has 3 heteroatoms. The van der Waals surface area contributed by atoms with Crippen LogP contribution in [0.15, 0.2) is 66.4 Å². The van der Waals surface area contributed by atoms with E-state index in [1.165, 1.54) is 11.1 Å². The highest BCUT2D eigenvalue weighted by molar-refractivity contribution is 6.74. The normalized spacial score (nSPS) is 17.7. The van der Waals surface area contributed by atoms with Crippen molar-refractivity contribution in [2.24, 2.45) is 5.92 Å². The van der Waals surface area contributed by atoms with Crippen LogP contribution in [-0.4, -0.2) is 14.1 Å². The number of allylic oxidation sites excluding steroid dienone is 2. The van der Waals surface area contributed by atoms with Crippen molar-refractivity contribution in [2.75, 3.05) is 0 Å². The predicted molar refractivity (Wildman–Crippen MR) is 120 cm³/mol. The van der Waals surface area contributed by atoms with Crippen LogP contribution in [0.2, 0.25) is 18.1 Å². The Morgan fingerprint density at radius 3 is 2.14 bits per heavy atom. The molecule has 0 bridgehead atoms. The highest BCUT2D eigenvalue weighted by Gasteiger charge is 2.42. The molecule has 2 nitrogen and oxygen atoms in total. The van der Waals surface area contributed by atoms with E-state index in [1.807, 2.05) is 36.4 Å². The van der Waals surface area contributed by atoms with Crippen LogP contribution in [0.1, 0.15) is 56.0 Å². The molecule has 0 amide bonds. The molecule has 1 aliphatic carbocycles. The van der Waals surface area contributed by atoms with E-state index in [1.54, 1.807) is 0 Å². The van der Waals surface area contributed by atoms with Crippen LogP contribution >= 0.6 is 0 Å². The predicted octanol–water partition coefficient (Wildman–Crippen LogP) is 7.10. The van der Waals surface area contributed by atoms with Crippen molar-refractivity contribution in [2.45, 2.75) is 58.2 Å². The fourth-order valence-electron chi connectivity index (χ4n) is 3.48. The molecular weight excluding hydrogens is 360 g/mol. The lowest BCUT2D eigenvalue weighted by molar-refractivity contribution is 0.0959. The molecule has 0 aliphatic heterocycles. The lowest BCUT2D eigenvalue weighted by atomic mass is 9.96. The molecule has 1 atom stereocenters. The summed E-state index contributed by atoms with van der Waals surface area (Å²) >= 11 is 0. The Morgan fingerprint density at radius 2 is 1.57 bits per heavy atom. The zero-order chi connectivity index (χ0) is 20.4. The van der Waals surface area contributed by atoms with Gasteiger partial charge < -0.3 is 4.43 Å². The lowest BCUT2D eigenvalue weighted by Gasteiger charge is -2.38. The second kappa shape index (κ2) is 8.08. The minimum Gasteiger partial charge on any atom is -0.546 e. The van der Waals surface area contributed by atoms with Crippen molar-refractivity contribution >= 4 is 19.7 Å². The van der Waals surface area contributed by atoms with Gasteiger partial charge in [-0.25, -0.2) is 0 Å². The van der Waals surface area contributed by atoms with Gasteiger partial charge in [0, 0.05) is 17.9 Å². The summed E-state index contributed by atoms with van der Waals surface area (Å²) in [6.45, 7) is 11.4. The Labute approximate surface area is 170 Å². The van der Waals surface area contributed by atoms with Gasteiger partial charge in [0.25, 0.3) is 0 Å². The highest BCUT2D eigenvalue weighted by atomic mass is 28.4. The largest absolute Gasteiger partial charge is 0.546 e. The molecule has 3 rings (SSSR count). The van der Waals surface area contributed by atoms with E-state index in [0.717, 1.165) is 24.2 Å². The van der Waals surface area contributed by atoms with Crippen LogP contribution in [0.25, 0.3) is 5.57 Å². The van der Waals surface area contributed by atoms with Crippen molar-refractivity contribution in [1.29, 1.82) is 0 Å². The van der Waals surface area contributed by atoms with Crippen molar-refractivity contribution in [3.8, 4) is 0 Å². The van der Waals surface area contributed by atoms with Crippen LogP contribution in [0.5, 0.6) is 0 Å². The third-order valence-corrected chi connectivity index (χ3v) is 10.6. The monoisotopic (exact) mass is 392 g/mol. The Hall–Kier alpha value is -2.13. The van der Waals surface area contributed by atoms with E-state index in [9.17, 15) is 4.79 Å². The average Bonchev–Trinajstić information content (AvgIpc) is 3.04. The molecule has 0 aromatic heterocycles. The number of ketones is 1. The molecule has 1 unspecified atom stereocenters. The molecule has 0 fully saturated rings. The molecule has 148 valence electrons. The second-order valence-electron chi connectivity index (χ2n) is 9.30. The van der Waals surface area contributed by atoms with E-state index in [2.05, 4.69) is 58.1 Å². The molecule has 2 aromatic rings. The van der Waals surface area contributed by atoms with Gasteiger partial charge in [-0.05, 0) is 42.1 Å². The topological polar surface area (TPSA) is 26.3 Å². The van der Waals surface area contributed by atoms with E-state index >= 15 is 0 Å². The minimum atomic E-state index is -1.99. The first-order chi connectivity index (χ1) is 13.2. The highest BCUT2D eigenvalue weighted by Crippen LogP contribution is 2.46. The number of carbonyl (C=O) groups is 1. The maximum atomic E-state index is 12.9. The molecule has 0 heterocycles.